The molecular weight excluding hydrogens is 374 g/mol. The highest BCUT2D eigenvalue weighted by Crippen LogP contribution is 2.32. The van der Waals surface area contributed by atoms with Gasteiger partial charge < -0.3 is 10.1 Å². The molecule has 5 rings (SSSR count). The third kappa shape index (κ3) is 3.43. The molecular formula is C25H23N3O2. The van der Waals surface area contributed by atoms with E-state index in [-0.39, 0.29) is 5.91 Å². The van der Waals surface area contributed by atoms with Crippen molar-refractivity contribution in [1.82, 2.24) is 15.5 Å². The minimum absolute atomic E-state index is 0.00293. The van der Waals surface area contributed by atoms with E-state index in [1.165, 1.54) is 0 Å². The molecule has 0 radical (unpaired) electrons. The number of aromatic amines is 1. The SMILES string of the molecule is COc1ccc(-c2n[nH]c3cc(-c4cc(C(=O)NC5CC5)ccc4C)ccc23)cc1. The summed E-state index contributed by atoms with van der Waals surface area (Å²) in [6.45, 7) is 2.07. The molecule has 5 nitrogen and oxygen atoms in total. The molecule has 0 unspecified atom stereocenters. The maximum Gasteiger partial charge on any atom is 0.251 e. The van der Waals surface area contributed by atoms with Gasteiger partial charge in [0, 0.05) is 22.6 Å². The van der Waals surface area contributed by atoms with Crippen molar-refractivity contribution in [1.29, 1.82) is 0 Å². The number of carbonyl (C=O) groups excluding carboxylic acids is 1. The molecule has 1 aliphatic rings. The summed E-state index contributed by atoms with van der Waals surface area (Å²) in [6, 6.07) is 20.4. The molecule has 0 atom stereocenters. The number of methoxy groups -OCH3 is 1. The molecule has 1 aromatic heterocycles. The Morgan fingerprint density at radius 2 is 1.80 bits per heavy atom. The van der Waals surface area contributed by atoms with Gasteiger partial charge >= 0.3 is 0 Å². The summed E-state index contributed by atoms with van der Waals surface area (Å²) >= 11 is 0. The zero-order chi connectivity index (χ0) is 20.7. The number of fused-ring (bicyclic) bond motifs is 1. The number of aromatic nitrogens is 2. The van der Waals surface area contributed by atoms with E-state index in [2.05, 4.69) is 40.6 Å². The van der Waals surface area contributed by atoms with Crippen molar-refractivity contribution in [2.75, 3.05) is 7.11 Å². The van der Waals surface area contributed by atoms with Gasteiger partial charge in [-0.3, -0.25) is 9.89 Å². The lowest BCUT2D eigenvalue weighted by Gasteiger charge is -2.10. The molecule has 0 aliphatic heterocycles. The Bertz CT molecular complexity index is 1240. The Labute approximate surface area is 175 Å². The van der Waals surface area contributed by atoms with E-state index in [1.54, 1.807) is 7.11 Å². The maximum absolute atomic E-state index is 12.5. The normalized spacial score (nSPS) is 13.4. The van der Waals surface area contributed by atoms with E-state index in [0.717, 1.165) is 57.4 Å². The molecule has 3 aromatic carbocycles. The molecule has 1 aliphatic carbocycles. The van der Waals surface area contributed by atoms with Gasteiger partial charge in [0.25, 0.3) is 5.91 Å². The van der Waals surface area contributed by atoms with E-state index in [0.29, 0.717) is 11.6 Å². The lowest BCUT2D eigenvalue weighted by Crippen LogP contribution is -2.25. The van der Waals surface area contributed by atoms with Gasteiger partial charge in [-0.25, -0.2) is 0 Å². The summed E-state index contributed by atoms with van der Waals surface area (Å²) in [5.74, 6) is 0.824. The van der Waals surface area contributed by atoms with Crippen LogP contribution in [0.5, 0.6) is 5.75 Å². The Balaban J connectivity index is 1.50. The van der Waals surface area contributed by atoms with Crippen LogP contribution in [0.15, 0.2) is 60.7 Å². The highest BCUT2D eigenvalue weighted by atomic mass is 16.5. The number of hydrogen-bond donors (Lipinski definition) is 2. The smallest absolute Gasteiger partial charge is 0.251 e. The van der Waals surface area contributed by atoms with E-state index >= 15 is 0 Å². The van der Waals surface area contributed by atoms with Crippen LogP contribution in [-0.4, -0.2) is 29.3 Å². The summed E-state index contributed by atoms with van der Waals surface area (Å²) in [7, 11) is 1.66. The van der Waals surface area contributed by atoms with Gasteiger partial charge in [-0.05, 0) is 85.0 Å². The second-order valence-electron chi connectivity index (χ2n) is 7.84. The van der Waals surface area contributed by atoms with E-state index in [9.17, 15) is 4.79 Å². The van der Waals surface area contributed by atoms with Crippen LogP contribution in [0.4, 0.5) is 0 Å². The fourth-order valence-corrected chi connectivity index (χ4v) is 3.73. The molecule has 150 valence electrons. The zero-order valence-electron chi connectivity index (χ0n) is 17.0. The van der Waals surface area contributed by atoms with Gasteiger partial charge in [0.1, 0.15) is 5.75 Å². The van der Waals surface area contributed by atoms with Crippen molar-refractivity contribution >= 4 is 16.8 Å². The third-order valence-corrected chi connectivity index (χ3v) is 5.65. The third-order valence-electron chi connectivity index (χ3n) is 5.65. The van der Waals surface area contributed by atoms with Crippen LogP contribution in [0.3, 0.4) is 0 Å². The summed E-state index contributed by atoms with van der Waals surface area (Å²) in [4.78, 5) is 12.5. The van der Waals surface area contributed by atoms with Gasteiger partial charge in [0.15, 0.2) is 0 Å². The molecule has 4 aromatic rings. The van der Waals surface area contributed by atoms with Crippen molar-refractivity contribution in [2.45, 2.75) is 25.8 Å². The van der Waals surface area contributed by atoms with E-state index in [4.69, 9.17) is 4.74 Å². The first kappa shape index (κ1) is 18.4. The topological polar surface area (TPSA) is 67.0 Å². The molecule has 1 saturated carbocycles. The second-order valence-corrected chi connectivity index (χ2v) is 7.84. The van der Waals surface area contributed by atoms with Crippen molar-refractivity contribution in [2.24, 2.45) is 0 Å². The Morgan fingerprint density at radius 3 is 2.53 bits per heavy atom. The molecule has 0 saturated heterocycles. The predicted molar refractivity (Wildman–Crippen MR) is 119 cm³/mol. The Hall–Kier alpha value is -3.60. The summed E-state index contributed by atoms with van der Waals surface area (Å²) in [5, 5.41) is 11.8. The number of benzene rings is 3. The van der Waals surface area contributed by atoms with Gasteiger partial charge in [-0.2, -0.15) is 5.10 Å². The van der Waals surface area contributed by atoms with E-state index in [1.807, 2.05) is 42.5 Å². The molecule has 1 fully saturated rings. The molecule has 30 heavy (non-hydrogen) atoms. The largest absolute Gasteiger partial charge is 0.497 e. The molecule has 5 heteroatoms. The quantitative estimate of drug-likeness (QED) is 0.492. The maximum atomic E-state index is 12.5. The molecule has 1 amide bonds. The minimum atomic E-state index is 0.00293. The number of ether oxygens (including phenoxy) is 1. The number of hydrogen-bond acceptors (Lipinski definition) is 3. The summed E-state index contributed by atoms with van der Waals surface area (Å²) < 4.78 is 5.24. The van der Waals surface area contributed by atoms with E-state index < -0.39 is 0 Å². The van der Waals surface area contributed by atoms with Gasteiger partial charge in [0.2, 0.25) is 0 Å². The number of nitrogens with zero attached hydrogens (tertiary/aromatic N) is 1. The Kier molecular flexibility index (Phi) is 4.51. The highest BCUT2D eigenvalue weighted by molar-refractivity contribution is 5.98. The van der Waals surface area contributed by atoms with Crippen LogP contribution in [0, 0.1) is 6.92 Å². The fraction of sp³-hybridized carbons (Fsp3) is 0.200. The molecule has 0 spiro atoms. The van der Waals surface area contributed by atoms with Crippen LogP contribution < -0.4 is 10.1 Å². The van der Waals surface area contributed by atoms with Crippen molar-refractivity contribution in [3.63, 3.8) is 0 Å². The number of H-pyrrole nitrogens is 1. The first-order valence-corrected chi connectivity index (χ1v) is 10.2. The first-order chi connectivity index (χ1) is 14.6. The monoisotopic (exact) mass is 397 g/mol. The van der Waals surface area contributed by atoms with Gasteiger partial charge in [-0.15, -0.1) is 0 Å². The van der Waals surface area contributed by atoms with Crippen LogP contribution in [0.25, 0.3) is 33.3 Å². The number of nitrogens with one attached hydrogen (secondary N) is 2. The first-order valence-electron chi connectivity index (χ1n) is 10.2. The molecule has 1 heterocycles. The summed E-state index contributed by atoms with van der Waals surface area (Å²) in [5.41, 5.74) is 6.86. The minimum Gasteiger partial charge on any atom is -0.497 e. The number of rotatable bonds is 5. The van der Waals surface area contributed by atoms with Crippen LogP contribution in [-0.2, 0) is 0 Å². The standard InChI is InChI=1S/C25H23N3O2/c1-15-3-4-18(25(29)26-19-8-9-19)13-22(15)17-7-12-21-23(14-17)27-28-24(21)16-5-10-20(30-2)11-6-16/h3-7,10-14,19H,8-9H2,1-2H3,(H,26,29)(H,27,28). The van der Waals surface area contributed by atoms with Gasteiger partial charge in [0.05, 0.1) is 18.3 Å². The molecule has 2 N–H and O–H groups in total. The number of amides is 1. The number of aryl methyl sites for hydroxylation is 1. The van der Waals surface area contributed by atoms with Crippen molar-refractivity contribution in [3.8, 4) is 28.1 Å². The van der Waals surface area contributed by atoms with Crippen LogP contribution in [0.2, 0.25) is 0 Å². The average molecular weight is 397 g/mol. The lowest BCUT2D eigenvalue weighted by atomic mass is 9.96. The van der Waals surface area contributed by atoms with Crippen LogP contribution in [0.1, 0.15) is 28.8 Å². The highest BCUT2D eigenvalue weighted by Gasteiger charge is 2.24. The lowest BCUT2D eigenvalue weighted by molar-refractivity contribution is 0.0951. The molecule has 0 bridgehead atoms. The summed E-state index contributed by atoms with van der Waals surface area (Å²) in [6.07, 6.45) is 2.16. The van der Waals surface area contributed by atoms with Gasteiger partial charge in [-0.1, -0.05) is 12.1 Å². The zero-order valence-corrected chi connectivity index (χ0v) is 17.0. The fourth-order valence-electron chi connectivity index (χ4n) is 3.73. The van der Waals surface area contributed by atoms with Crippen molar-refractivity contribution in [3.05, 3.63) is 71.8 Å². The van der Waals surface area contributed by atoms with Crippen LogP contribution >= 0.6 is 0 Å². The number of carbonyl (C=O) groups is 1. The predicted octanol–water partition coefficient (Wildman–Crippen LogP) is 5.11. The average Bonchev–Trinajstić information content (AvgIpc) is 3.49. The van der Waals surface area contributed by atoms with Crippen molar-refractivity contribution < 1.29 is 9.53 Å². The second kappa shape index (κ2) is 7.34. The Morgan fingerprint density at radius 1 is 1.03 bits per heavy atom.